The third kappa shape index (κ3) is 2.54. The molecule has 0 aliphatic carbocycles. The smallest absolute Gasteiger partial charge is 0.157 e. The van der Waals surface area contributed by atoms with Crippen LogP contribution in [0, 0.1) is 0 Å². The van der Waals surface area contributed by atoms with Crippen molar-refractivity contribution in [1.82, 2.24) is 19.9 Å². The number of rotatable bonds is 4. The Hall–Kier alpha value is -1.66. The van der Waals surface area contributed by atoms with Crippen LogP contribution in [0.4, 0.5) is 5.82 Å². The zero-order valence-electron chi connectivity index (χ0n) is 11.1. The van der Waals surface area contributed by atoms with E-state index in [0.717, 1.165) is 44.3 Å². The van der Waals surface area contributed by atoms with Crippen molar-refractivity contribution in [3.63, 3.8) is 0 Å². The van der Waals surface area contributed by atoms with Crippen LogP contribution < -0.4 is 10.2 Å². The number of morpholine rings is 1. The average Bonchev–Trinajstić information content (AvgIpc) is 2.92. The standard InChI is InChI=1S/C13H19N5O/c1-2-14-9-11-10-19-8-7-17(11)12-4-6-18-13(16-12)3-5-15-18/h3-6,11,14H,2,7-10H2,1H3. The molecule has 3 rings (SSSR count). The molecule has 1 aliphatic rings. The monoisotopic (exact) mass is 261 g/mol. The van der Waals surface area contributed by atoms with Crippen molar-refractivity contribution in [3.8, 4) is 0 Å². The molecule has 6 nitrogen and oxygen atoms in total. The van der Waals surface area contributed by atoms with Gasteiger partial charge in [0.05, 0.1) is 25.5 Å². The lowest BCUT2D eigenvalue weighted by Crippen LogP contribution is -2.51. The number of hydrogen-bond donors (Lipinski definition) is 1. The normalized spacial score (nSPS) is 20.1. The van der Waals surface area contributed by atoms with Crippen LogP contribution in [0.3, 0.4) is 0 Å². The van der Waals surface area contributed by atoms with Crippen molar-refractivity contribution >= 4 is 11.5 Å². The minimum absolute atomic E-state index is 0.339. The van der Waals surface area contributed by atoms with Crippen molar-refractivity contribution < 1.29 is 4.74 Å². The molecule has 3 heterocycles. The molecule has 2 aromatic rings. The van der Waals surface area contributed by atoms with Gasteiger partial charge in [-0.25, -0.2) is 9.50 Å². The third-order valence-corrected chi connectivity index (χ3v) is 3.40. The fourth-order valence-electron chi connectivity index (χ4n) is 2.40. The van der Waals surface area contributed by atoms with Gasteiger partial charge in [0.1, 0.15) is 5.82 Å². The Morgan fingerprint density at radius 2 is 2.42 bits per heavy atom. The summed E-state index contributed by atoms with van der Waals surface area (Å²) < 4.78 is 7.36. The van der Waals surface area contributed by atoms with Gasteiger partial charge >= 0.3 is 0 Å². The fourth-order valence-corrected chi connectivity index (χ4v) is 2.40. The Labute approximate surface area is 112 Å². The highest BCUT2D eigenvalue weighted by Gasteiger charge is 2.23. The number of ether oxygens (including phenoxy) is 1. The van der Waals surface area contributed by atoms with Gasteiger partial charge in [-0.3, -0.25) is 0 Å². The highest BCUT2D eigenvalue weighted by molar-refractivity contribution is 5.48. The van der Waals surface area contributed by atoms with Gasteiger partial charge in [0.2, 0.25) is 0 Å². The summed E-state index contributed by atoms with van der Waals surface area (Å²) in [6.45, 7) is 6.40. The van der Waals surface area contributed by atoms with Gasteiger partial charge in [-0.1, -0.05) is 6.92 Å². The van der Waals surface area contributed by atoms with Crippen LogP contribution in [0.15, 0.2) is 24.5 Å². The van der Waals surface area contributed by atoms with Crippen LogP contribution in [0.2, 0.25) is 0 Å². The quantitative estimate of drug-likeness (QED) is 0.871. The largest absolute Gasteiger partial charge is 0.377 e. The van der Waals surface area contributed by atoms with Crippen LogP contribution in [0.1, 0.15) is 6.92 Å². The Bertz CT molecular complexity index is 541. The molecule has 1 saturated heterocycles. The number of anilines is 1. The Balaban J connectivity index is 1.84. The van der Waals surface area contributed by atoms with Crippen molar-refractivity contribution in [2.45, 2.75) is 13.0 Å². The lowest BCUT2D eigenvalue weighted by Gasteiger charge is -2.36. The fraction of sp³-hybridized carbons (Fsp3) is 0.538. The number of nitrogens with zero attached hydrogens (tertiary/aromatic N) is 4. The summed E-state index contributed by atoms with van der Waals surface area (Å²) in [7, 11) is 0. The number of fused-ring (bicyclic) bond motifs is 1. The van der Waals surface area contributed by atoms with Gasteiger partial charge in [0.15, 0.2) is 5.65 Å². The minimum Gasteiger partial charge on any atom is -0.377 e. The van der Waals surface area contributed by atoms with Crippen LogP contribution in [0.25, 0.3) is 5.65 Å². The Morgan fingerprint density at radius 3 is 3.32 bits per heavy atom. The first-order chi connectivity index (χ1) is 9.38. The van der Waals surface area contributed by atoms with E-state index in [-0.39, 0.29) is 0 Å². The molecule has 1 atom stereocenters. The summed E-state index contributed by atoms with van der Waals surface area (Å²) in [4.78, 5) is 6.98. The molecule has 0 amide bonds. The van der Waals surface area contributed by atoms with Crippen molar-refractivity contribution in [1.29, 1.82) is 0 Å². The van der Waals surface area contributed by atoms with Gasteiger partial charge in [0.25, 0.3) is 0 Å². The lowest BCUT2D eigenvalue weighted by atomic mass is 10.2. The molecule has 0 spiro atoms. The molecule has 0 radical (unpaired) electrons. The second-order valence-corrected chi connectivity index (χ2v) is 4.65. The molecule has 2 aromatic heterocycles. The van der Waals surface area contributed by atoms with E-state index in [1.54, 1.807) is 10.7 Å². The zero-order valence-corrected chi connectivity index (χ0v) is 11.1. The van der Waals surface area contributed by atoms with Crippen molar-refractivity contribution in [2.24, 2.45) is 0 Å². The van der Waals surface area contributed by atoms with E-state index in [1.807, 2.05) is 18.3 Å². The number of likely N-dealkylation sites (N-methyl/N-ethyl adjacent to an activating group) is 1. The number of hydrogen-bond acceptors (Lipinski definition) is 5. The topological polar surface area (TPSA) is 54.7 Å². The summed E-state index contributed by atoms with van der Waals surface area (Å²) in [5, 5.41) is 7.56. The van der Waals surface area contributed by atoms with E-state index in [0.29, 0.717) is 6.04 Å². The van der Waals surface area contributed by atoms with Gasteiger partial charge in [-0.2, -0.15) is 5.10 Å². The molecule has 1 unspecified atom stereocenters. The maximum Gasteiger partial charge on any atom is 0.157 e. The van der Waals surface area contributed by atoms with Gasteiger partial charge in [-0.05, 0) is 12.6 Å². The second kappa shape index (κ2) is 5.54. The highest BCUT2D eigenvalue weighted by atomic mass is 16.5. The summed E-state index contributed by atoms with van der Waals surface area (Å²) in [6, 6.07) is 4.28. The molecule has 0 saturated carbocycles. The van der Waals surface area contributed by atoms with Crippen LogP contribution in [0.5, 0.6) is 0 Å². The second-order valence-electron chi connectivity index (χ2n) is 4.65. The number of nitrogens with one attached hydrogen (secondary N) is 1. The van der Waals surface area contributed by atoms with Crippen LogP contribution in [-0.2, 0) is 4.74 Å². The Kier molecular flexibility index (Phi) is 3.61. The predicted molar refractivity (Wildman–Crippen MR) is 73.5 cm³/mol. The van der Waals surface area contributed by atoms with Crippen LogP contribution >= 0.6 is 0 Å². The third-order valence-electron chi connectivity index (χ3n) is 3.40. The van der Waals surface area contributed by atoms with Crippen molar-refractivity contribution in [2.75, 3.05) is 37.7 Å². The molecular formula is C13H19N5O. The van der Waals surface area contributed by atoms with E-state index < -0.39 is 0 Å². The average molecular weight is 261 g/mol. The SMILES string of the molecule is CCNCC1COCCN1c1ccn2nccc2n1. The first kappa shape index (κ1) is 12.4. The van der Waals surface area contributed by atoms with Crippen LogP contribution in [-0.4, -0.2) is 53.5 Å². The van der Waals surface area contributed by atoms with E-state index >= 15 is 0 Å². The molecule has 102 valence electrons. The molecule has 1 fully saturated rings. The Morgan fingerprint density at radius 1 is 1.47 bits per heavy atom. The van der Waals surface area contributed by atoms with Gasteiger partial charge in [0, 0.05) is 25.4 Å². The first-order valence-corrected chi connectivity index (χ1v) is 6.74. The maximum atomic E-state index is 5.58. The summed E-state index contributed by atoms with van der Waals surface area (Å²) in [5.74, 6) is 0.999. The highest BCUT2D eigenvalue weighted by Crippen LogP contribution is 2.17. The predicted octanol–water partition coefficient (Wildman–Crippen LogP) is 0.544. The molecule has 0 aromatic carbocycles. The molecule has 6 heteroatoms. The first-order valence-electron chi connectivity index (χ1n) is 6.74. The van der Waals surface area contributed by atoms with Gasteiger partial charge < -0.3 is 15.0 Å². The van der Waals surface area contributed by atoms with Crippen molar-refractivity contribution in [3.05, 3.63) is 24.5 Å². The summed E-state index contributed by atoms with van der Waals surface area (Å²) >= 11 is 0. The van der Waals surface area contributed by atoms with E-state index in [9.17, 15) is 0 Å². The molecular weight excluding hydrogens is 242 g/mol. The van der Waals surface area contributed by atoms with E-state index in [1.165, 1.54) is 0 Å². The lowest BCUT2D eigenvalue weighted by molar-refractivity contribution is 0.0935. The van der Waals surface area contributed by atoms with E-state index in [2.05, 4.69) is 27.2 Å². The van der Waals surface area contributed by atoms with Gasteiger partial charge in [-0.15, -0.1) is 0 Å². The molecule has 0 bridgehead atoms. The summed E-state index contributed by atoms with van der Waals surface area (Å²) in [6.07, 6.45) is 3.72. The maximum absolute atomic E-state index is 5.58. The molecule has 19 heavy (non-hydrogen) atoms. The van der Waals surface area contributed by atoms with E-state index in [4.69, 9.17) is 4.74 Å². The summed E-state index contributed by atoms with van der Waals surface area (Å²) in [5.41, 5.74) is 0.881. The molecule has 1 aliphatic heterocycles. The molecule has 1 N–H and O–H groups in total. The minimum atomic E-state index is 0.339. The number of aromatic nitrogens is 3. The zero-order chi connectivity index (χ0) is 13.1.